The highest BCUT2D eigenvalue weighted by molar-refractivity contribution is 6.36. The molecular formula is C16H11ClN2O2. The molecule has 2 aromatic carbocycles. The number of rotatable bonds is 2. The van der Waals surface area contributed by atoms with Crippen LogP contribution in [-0.2, 0) is 4.79 Å². The number of carbonyl (C=O) groups excluding carboxylic acids is 2. The molecule has 0 aromatic heterocycles. The van der Waals surface area contributed by atoms with E-state index in [1.54, 1.807) is 42.5 Å². The number of anilines is 2. The highest BCUT2D eigenvalue weighted by Crippen LogP contribution is 2.33. The number of amides is 1. The van der Waals surface area contributed by atoms with E-state index in [-0.39, 0.29) is 11.7 Å². The summed E-state index contributed by atoms with van der Waals surface area (Å²) in [7, 11) is 0. The van der Waals surface area contributed by atoms with Crippen molar-refractivity contribution in [3.8, 4) is 0 Å². The van der Waals surface area contributed by atoms with Crippen molar-refractivity contribution in [2.24, 2.45) is 0 Å². The van der Waals surface area contributed by atoms with Crippen molar-refractivity contribution in [2.75, 3.05) is 11.1 Å². The van der Waals surface area contributed by atoms with Crippen LogP contribution in [-0.4, -0.2) is 11.7 Å². The van der Waals surface area contributed by atoms with E-state index in [4.69, 9.17) is 17.3 Å². The molecule has 0 radical (unpaired) electrons. The van der Waals surface area contributed by atoms with Gasteiger partial charge in [-0.05, 0) is 48.5 Å². The number of nitrogens with two attached hydrogens (primary N) is 1. The molecule has 4 nitrogen and oxygen atoms in total. The number of halogens is 1. The van der Waals surface area contributed by atoms with Crippen molar-refractivity contribution in [3.05, 3.63) is 64.7 Å². The van der Waals surface area contributed by atoms with E-state index >= 15 is 0 Å². The van der Waals surface area contributed by atoms with Gasteiger partial charge in [0.2, 0.25) is 0 Å². The lowest BCUT2D eigenvalue weighted by Crippen LogP contribution is -2.06. The van der Waals surface area contributed by atoms with E-state index in [1.807, 2.05) is 0 Å². The molecule has 1 heterocycles. The first-order chi connectivity index (χ1) is 10.0. The number of nitrogen functional groups attached to an aromatic ring is 1. The number of benzene rings is 2. The monoisotopic (exact) mass is 298 g/mol. The fourth-order valence-electron chi connectivity index (χ4n) is 2.17. The largest absolute Gasteiger partial charge is 0.399 e. The normalized spacial score (nSPS) is 14.9. The molecule has 0 unspecified atom stereocenters. The van der Waals surface area contributed by atoms with Gasteiger partial charge in [0.05, 0.1) is 5.57 Å². The predicted octanol–water partition coefficient (Wildman–Crippen LogP) is 3.14. The molecule has 0 atom stereocenters. The molecule has 0 fully saturated rings. The van der Waals surface area contributed by atoms with Crippen LogP contribution >= 0.6 is 11.6 Å². The highest BCUT2D eigenvalue weighted by atomic mass is 35.5. The van der Waals surface area contributed by atoms with E-state index in [0.29, 0.717) is 33.1 Å². The fourth-order valence-corrected chi connectivity index (χ4v) is 2.34. The minimum atomic E-state index is -0.309. The van der Waals surface area contributed by atoms with Crippen LogP contribution in [0.5, 0.6) is 0 Å². The molecule has 1 aliphatic rings. The Labute approximate surface area is 126 Å². The van der Waals surface area contributed by atoms with Crippen molar-refractivity contribution in [1.82, 2.24) is 0 Å². The minimum absolute atomic E-state index is 0.257. The zero-order chi connectivity index (χ0) is 15.0. The molecule has 5 heteroatoms. The summed E-state index contributed by atoms with van der Waals surface area (Å²) in [6.45, 7) is 0. The number of nitrogens with one attached hydrogen (secondary N) is 1. The van der Waals surface area contributed by atoms with E-state index in [2.05, 4.69) is 5.32 Å². The van der Waals surface area contributed by atoms with Gasteiger partial charge in [-0.2, -0.15) is 0 Å². The highest BCUT2D eigenvalue weighted by Gasteiger charge is 2.25. The van der Waals surface area contributed by atoms with E-state index in [1.165, 1.54) is 6.08 Å². The lowest BCUT2D eigenvalue weighted by molar-refractivity contribution is -0.110. The van der Waals surface area contributed by atoms with Gasteiger partial charge in [0.1, 0.15) is 0 Å². The summed E-state index contributed by atoms with van der Waals surface area (Å²) in [5.74, 6) is -0.566. The topological polar surface area (TPSA) is 72.2 Å². The van der Waals surface area contributed by atoms with Gasteiger partial charge in [0.15, 0.2) is 5.78 Å². The quantitative estimate of drug-likeness (QED) is 0.508. The van der Waals surface area contributed by atoms with E-state index in [9.17, 15) is 9.59 Å². The average molecular weight is 299 g/mol. The molecule has 2 aromatic rings. The van der Waals surface area contributed by atoms with Gasteiger partial charge in [-0.25, -0.2) is 0 Å². The Bertz CT molecular complexity index is 779. The number of hydrogen-bond donors (Lipinski definition) is 2. The molecule has 0 bridgehead atoms. The van der Waals surface area contributed by atoms with Gasteiger partial charge in [-0.1, -0.05) is 11.6 Å². The zero-order valence-electron chi connectivity index (χ0n) is 10.9. The SMILES string of the molecule is Nc1ccc(C(=O)/C=C2\C(=O)Nc3ccc(Cl)cc32)cc1. The molecule has 0 saturated heterocycles. The second-order valence-electron chi connectivity index (χ2n) is 4.69. The summed E-state index contributed by atoms with van der Waals surface area (Å²) in [4.78, 5) is 24.2. The summed E-state index contributed by atoms with van der Waals surface area (Å²) >= 11 is 5.94. The van der Waals surface area contributed by atoms with Crippen molar-refractivity contribution < 1.29 is 9.59 Å². The van der Waals surface area contributed by atoms with Gasteiger partial charge >= 0.3 is 0 Å². The summed E-state index contributed by atoms with van der Waals surface area (Å²) < 4.78 is 0. The smallest absolute Gasteiger partial charge is 0.256 e. The minimum Gasteiger partial charge on any atom is -0.399 e. The molecule has 3 rings (SSSR count). The Morgan fingerprint density at radius 2 is 1.86 bits per heavy atom. The number of hydrogen-bond acceptors (Lipinski definition) is 3. The second kappa shape index (κ2) is 5.07. The van der Waals surface area contributed by atoms with Crippen LogP contribution in [0, 0.1) is 0 Å². The first-order valence-corrected chi connectivity index (χ1v) is 6.65. The standard InChI is InChI=1S/C16H11ClN2O2/c17-10-3-6-14-12(7-10)13(16(21)19-14)8-15(20)9-1-4-11(18)5-2-9/h1-8H,18H2,(H,19,21)/b13-8-. The van der Waals surface area contributed by atoms with E-state index < -0.39 is 0 Å². The molecule has 0 aliphatic carbocycles. The average Bonchev–Trinajstić information content (AvgIpc) is 2.76. The van der Waals surface area contributed by atoms with Crippen molar-refractivity contribution in [3.63, 3.8) is 0 Å². The zero-order valence-corrected chi connectivity index (χ0v) is 11.6. The summed E-state index contributed by atoms with van der Waals surface area (Å²) in [5, 5.41) is 3.21. The van der Waals surface area contributed by atoms with Gasteiger partial charge < -0.3 is 11.1 Å². The Hall–Kier alpha value is -2.59. The van der Waals surface area contributed by atoms with Crippen molar-refractivity contribution in [1.29, 1.82) is 0 Å². The maximum absolute atomic E-state index is 12.2. The molecule has 0 saturated carbocycles. The van der Waals surface area contributed by atoms with Crippen molar-refractivity contribution >= 4 is 40.2 Å². The van der Waals surface area contributed by atoms with Crippen LogP contribution in [0.15, 0.2) is 48.5 Å². The number of carbonyl (C=O) groups is 2. The molecule has 104 valence electrons. The maximum Gasteiger partial charge on any atom is 0.256 e. The lowest BCUT2D eigenvalue weighted by Gasteiger charge is -2.00. The van der Waals surface area contributed by atoms with Crippen molar-refractivity contribution in [2.45, 2.75) is 0 Å². The summed E-state index contributed by atoms with van der Waals surface area (Å²) in [6.07, 6.45) is 1.32. The second-order valence-corrected chi connectivity index (χ2v) is 5.12. The third-order valence-electron chi connectivity index (χ3n) is 3.24. The Kier molecular flexibility index (Phi) is 3.23. The third kappa shape index (κ3) is 2.53. The summed E-state index contributed by atoms with van der Waals surface area (Å²) in [5.41, 5.74) is 8.24. The van der Waals surface area contributed by atoms with Crippen LogP contribution in [0.1, 0.15) is 15.9 Å². The molecule has 21 heavy (non-hydrogen) atoms. The van der Waals surface area contributed by atoms with Gasteiger partial charge in [-0.3, -0.25) is 9.59 Å². The molecule has 3 N–H and O–H groups in total. The Morgan fingerprint density at radius 3 is 2.57 bits per heavy atom. The van der Waals surface area contributed by atoms with Gasteiger partial charge in [0, 0.05) is 27.5 Å². The van der Waals surface area contributed by atoms with E-state index in [0.717, 1.165) is 0 Å². The molecule has 1 aliphatic heterocycles. The molecular weight excluding hydrogens is 288 g/mol. The Morgan fingerprint density at radius 1 is 1.14 bits per heavy atom. The van der Waals surface area contributed by atoms with Crippen LogP contribution in [0.3, 0.4) is 0 Å². The van der Waals surface area contributed by atoms with Crippen LogP contribution in [0.4, 0.5) is 11.4 Å². The molecule has 0 spiro atoms. The Balaban J connectivity index is 2.00. The van der Waals surface area contributed by atoms with Gasteiger partial charge in [-0.15, -0.1) is 0 Å². The fraction of sp³-hybridized carbons (Fsp3) is 0. The summed E-state index contributed by atoms with van der Waals surface area (Å²) in [6, 6.07) is 11.6. The van der Waals surface area contributed by atoms with Gasteiger partial charge in [0.25, 0.3) is 5.91 Å². The predicted molar refractivity (Wildman–Crippen MR) is 83.2 cm³/mol. The van der Waals surface area contributed by atoms with Crippen LogP contribution in [0.25, 0.3) is 5.57 Å². The number of allylic oxidation sites excluding steroid dienone is 1. The van der Waals surface area contributed by atoms with Crippen LogP contribution < -0.4 is 11.1 Å². The van der Waals surface area contributed by atoms with Crippen LogP contribution in [0.2, 0.25) is 5.02 Å². The maximum atomic E-state index is 12.2. The third-order valence-corrected chi connectivity index (χ3v) is 3.47. The lowest BCUT2D eigenvalue weighted by atomic mass is 10.0. The first-order valence-electron chi connectivity index (χ1n) is 6.27. The first kappa shape index (κ1) is 13.4. The number of ketones is 1. The molecule has 1 amide bonds. The number of fused-ring (bicyclic) bond motifs is 1.